The van der Waals surface area contributed by atoms with E-state index in [-0.39, 0.29) is 24.7 Å². The first-order valence-electron chi connectivity index (χ1n) is 9.22. The molecule has 0 atom stereocenters. The summed E-state index contributed by atoms with van der Waals surface area (Å²) in [6, 6.07) is 16.6. The van der Waals surface area contributed by atoms with E-state index in [1.807, 2.05) is 42.6 Å². The van der Waals surface area contributed by atoms with Crippen LogP contribution in [-0.2, 0) is 22.6 Å². The molecule has 0 bridgehead atoms. The Kier molecular flexibility index (Phi) is 7.35. The number of nitrogens with one attached hydrogen (secondary N) is 1. The SMILES string of the molecule is Cc1nc(COc2ccccc2C(=O)OCC(=O)NCCc2ccccc2)cs1. The van der Waals surface area contributed by atoms with E-state index in [1.54, 1.807) is 24.3 Å². The third-order valence-electron chi connectivity index (χ3n) is 4.06. The fourth-order valence-electron chi connectivity index (χ4n) is 2.64. The van der Waals surface area contributed by atoms with E-state index in [0.717, 1.165) is 16.3 Å². The normalized spacial score (nSPS) is 10.4. The van der Waals surface area contributed by atoms with Gasteiger partial charge in [0.1, 0.15) is 17.9 Å². The van der Waals surface area contributed by atoms with Crippen molar-refractivity contribution in [2.75, 3.05) is 13.2 Å². The number of aryl methyl sites for hydroxylation is 1. The number of ether oxygens (including phenoxy) is 2. The number of amides is 1. The van der Waals surface area contributed by atoms with E-state index in [0.29, 0.717) is 18.7 Å². The standard InChI is InChI=1S/C22H22N2O4S/c1-16-24-18(15-29-16)13-27-20-10-6-5-9-19(20)22(26)28-14-21(25)23-12-11-17-7-3-2-4-8-17/h2-10,15H,11-14H2,1H3,(H,23,25). The molecule has 0 unspecified atom stereocenters. The topological polar surface area (TPSA) is 77.5 Å². The molecule has 1 N–H and O–H groups in total. The van der Waals surface area contributed by atoms with Gasteiger partial charge >= 0.3 is 5.97 Å². The van der Waals surface area contributed by atoms with Gasteiger partial charge in [-0.1, -0.05) is 42.5 Å². The van der Waals surface area contributed by atoms with Gasteiger partial charge in [0.2, 0.25) is 0 Å². The lowest BCUT2D eigenvalue weighted by Crippen LogP contribution is -2.30. The van der Waals surface area contributed by atoms with Crippen LogP contribution >= 0.6 is 11.3 Å². The number of carbonyl (C=O) groups excluding carboxylic acids is 2. The summed E-state index contributed by atoms with van der Waals surface area (Å²) in [6.45, 7) is 2.32. The number of hydrogen-bond acceptors (Lipinski definition) is 6. The smallest absolute Gasteiger partial charge is 0.342 e. The average Bonchev–Trinajstić information content (AvgIpc) is 3.16. The van der Waals surface area contributed by atoms with Crippen LogP contribution in [0.1, 0.15) is 26.6 Å². The Morgan fingerprint density at radius 2 is 1.83 bits per heavy atom. The number of esters is 1. The maximum Gasteiger partial charge on any atom is 0.342 e. The summed E-state index contributed by atoms with van der Waals surface area (Å²) in [5.74, 6) is -0.550. The summed E-state index contributed by atoms with van der Waals surface area (Å²) < 4.78 is 10.9. The van der Waals surface area contributed by atoms with E-state index >= 15 is 0 Å². The number of hydrogen-bond donors (Lipinski definition) is 1. The molecular weight excluding hydrogens is 388 g/mol. The number of para-hydroxylation sites is 1. The third kappa shape index (κ3) is 6.43. The van der Waals surface area contributed by atoms with Gasteiger partial charge in [-0.15, -0.1) is 11.3 Å². The van der Waals surface area contributed by atoms with Crippen LogP contribution in [-0.4, -0.2) is 30.0 Å². The van der Waals surface area contributed by atoms with Crippen molar-refractivity contribution in [3.8, 4) is 5.75 Å². The molecule has 2 aromatic carbocycles. The highest BCUT2D eigenvalue weighted by Crippen LogP contribution is 2.21. The number of thiazole rings is 1. The first-order chi connectivity index (χ1) is 14.1. The predicted molar refractivity (Wildman–Crippen MR) is 111 cm³/mol. The van der Waals surface area contributed by atoms with Crippen molar-refractivity contribution in [2.24, 2.45) is 0 Å². The van der Waals surface area contributed by atoms with E-state index in [4.69, 9.17) is 9.47 Å². The predicted octanol–water partition coefficient (Wildman–Crippen LogP) is 3.55. The van der Waals surface area contributed by atoms with Gasteiger partial charge in [0.15, 0.2) is 6.61 Å². The molecule has 29 heavy (non-hydrogen) atoms. The van der Waals surface area contributed by atoms with Crippen LogP contribution in [0.4, 0.5) is 0 Å². The summed E-state index contributed by atoms with van der Waals surface area (Å²) in [7, 11) is 0. The third-order valence-corrected chi connectivity index (χ3v) is 4.88. The molecule has 0 aliphatic carbocycles. The van der Waals surface area contributed by atoms with Crippen molar-refractivity contribution in [3.63, 3.8) is 0 Å². The molecular formula is C22H22N2O4S. The van der Waals surface area contributed by atoms with Crippen LogP contribution < -0.4 is 10.1 Å². The minimum absolute atomic E-state index is 0.259. The van der Waals surface area contributed by atoms with Gasteiger partial charge in [0.25, 0.3) is 5.91 Å². The molecule has 0 spiro atoms. The number of benzene rings is 2. The van der Waals surface area contributed by atoms with E-state index < -0.39 is 5.97 Å². The second kappa shape index (κ2) is 10.4. The summed E-state index contributed by atoms with van der Waals surface area (Å²) in [4.78, 5) is 28.7. The van der Waals surface area contributed by atoms with Crippen molar-refractivity contribution in [1.82, 2.24) is 10.3 Å². The lowest BCUT2D eigenvalue weighted by Gasteiger charge is -2.11. The van der Waals surface area contributed by atoms with Crippen LogP contribution in [0.3, 0.4) is 0 Å². The molecule has 1 amide bonds. The Hall–Kier alpha value is -3.19. The lowest BCUT2D eigenvalue weighted by molar-refractivity contribution is -0.124. The van der Waals surface area contributed by atoms with E-state index in [9.17, 15) is 9.59 Å². The van der Waals surface area contributed by atoms with Gasteiger partial charge < -0.3 is 14.8 Å². The molecule has 0 fully saturated rings. The lowest BCUT2D eigenvalue weighted by atomic mass is 10.1. The quantitative estimate of drug-likeness (QED) is 0.546. The minimum Gasteiger partial charge on any atom is -0.486 e. The molecule has 1 heterocycles. The number of carbonyl (C=O) groups is 2. The fraction of sp³-hybridized carbons (Fsp3) is 0.227. The molecule has 6 nitrogen and oxygen atoms in total. The van der Waals surface area contributed by atoms with Gasteiger partial charge in [0, 0.05) is 11.9 Å². The van der Waals surface area contributed by atoms with Crippen molar-refractivity contribution >= 4 is 23.2 Å². The van der Waals surface area contributed by atoms with Crippen molar-refractivity contribution in [3.05, 3.63) is 81.8 Å². The Bertz CT molecular complexity index is 956. The molecule has 3 aromatic rings. The van der Waals surface area contributed by atoms with Crippen LogP contribution in [0.5, 0.6) is 5.75 Å². The average molecular weight is 410 g/mol. The molecule has 150 valence electrons. The van der Waals surface area contributed by atoms with Gasteiger partial charge in [-0.3, -0.25) is 4.79 Å². The molecule has 0 saturated heterocycles. The first kappa shape index (κ1) is 20.5. The second-order valence-electron chi connectivity index (χ2n) is 6.30. The second-order valence-corrected chi connectivity index (χ2v) is 7.37. The highest BCUT2D eigenvalue weighted by molar-refractivity contribution is 7.09. The van der Waals surface area contributed by atoms with E-state index in [1.165, 1.54) is 11.3 Å². The molecule has 0 saturated carbocycles. The monoisotopic (exact) mass is 410 g/mol. The molecule has 0 radical (unpaired) electrons. The Morgan fingerprint density at radius 3 is 2.59 bits per heavy atom. The van der Waals surface area contributed by atoms with Gasteiger partial charge in [-0.05, 0) is 31.0 Å². The summed E-state index contributed by atoms with van der Waals surface area (Å²) >= 11 is 1.54. The minimum atomic E-state index is -0.603. The van der Waals surface area contributed by atoms with Crippen LogP contribution in [0, 0.1) is 6.92 Å². The molecule has 0 aliphatic rings. The number of rotatable bonds is 9. The van der Waals surface area contributed by atoms with E-state index in [2.05, 4.69) is 10.3 Å². The molecule has 0 aliphatic heterocycles. The first-order valence-corrected chi connectivity index (χ1v) is 10.1. The van der Waals surface area contributed by atoms with Crippen LogP contribution in [0.25, 0.3) is 0 Å². The Morgan fingerprint density at radius 1 is 1.07 bits per heavy atom. The molecule has 7 heteroatoms. The van der Waals surface area contributed by atoms with Crippen LogP contribution in [0.2, 0.25) is 0 Å². The van der Waals surface area contributed by atoms with Crippen molar-refractivity contribution in [2.45, 2.75) is 20.0 Å². The van der Waals surface area contributed by atoms with Gasteiger partial charge in [-0.25, -0.2) is 9.78 Å². The number of aromatic nitrogens is 1. The summed E-state index contributed by atoms with van der Waals surface area (Å²) in [5.41, 5.74) is 2.20. The number of nitrogens with zero attached hydrogens (tertiary/aromatic N) is 1. The zero-order valence-corrected chi connectivity index (χ0v) is 16.9. The fourth-order valence-corrected chi connectivity index (χ4v) is 3.24. The maximum absolute atomic E-state index is 12.4. The van der Waals surface area contributed by atoms with Crippen LogP contribution in [0.15, 0.2) is 60.0 Å². The Labute approximate surface area is 173 Å². The summed E-state index contributed by atoms with van der Waals surface area (Å²) in [5, 5.41) is 5.61. The zero-order valence-electron chi connectivity index (χ0n) is 16.1. The van der Waals surface area contributed by atoms with Crippen molar-refractivity contribution < 1.29 is 19.1 Å². The highest BCUT2D eigenvalue weighted by Gasteiger charge is 2.15. The maximum atomic E-state index is 12.4. The highest BCUT2D eigenvalue weighted by atomic mass is 32.1. The van der Waals surface area contributed by atoms with Crippen molar-refractivity contribution in [1.29, 1.82) is 0 Å². The summed E-state index contributed by atoms with van der Waals surface area (Å²) in [6.07, 6.45) is 0.716. The zero-order chi connectivity index (χ0) is 20.5. The molecule has 1 aromatic heterocycles. The van der Waals surface area contributed by atoms with Gasteiger partial charge in [-0.2, -0.15) is 0 Å². The Balaban J connectivity index is 1.46. The largest absolute Gasteiger partial charge is 0.486 e. The molecule has 3 rings (SSSR count). The van der Waals surface area contributed by atoms with Gasteiger partial charge in [0.05, 0.1) is 10.7 Å².